The highest BCUT2D eigenvalue weighted by Crippen LogP contribution is 2.12. The fourth-order valence-electron chi connectivity index (χ4n) is 3.40. The van der Waals surface area contributed by atoms with Crippen LogP contribution in [0.15, 0.2) is 0 Å². The highest BCUT2D eigenvalue weighted by Gasteiger charge is 2.17. The van der Waals surface area contributed by atoms with Crippen LogP contribution in [0.3, 0.4) is 0 Å². The molecule has 2 aliphatic rings. The van der Waals surface area contributed by atoms with Crippen molar-refractivity contribution in [2.75, 3.05) is 26.2 Å². The molecule has 0 aliphatic carbocycles. The predicted molar refractivity (Wildman–Crippen MR) is 82.8 cm³/mol. The zero-order valence-electron chi connectivity index (χ0n) is 13.0. The van der Waals surface area contributed by atoms with Crippen molar-refractivity contribution in [1.29, 1.82) is 0 Å². The molecule has 0 aromatic heterocycles. The summed E-state index contributed by atoms with van der Waals surface area (Å²) in [7, 11) is 0. The minimum absolute atomic E-state index is 0.224. The summed E-state index contributed by atoms with van der Waals surface area (Å²) in [4.78, 5) is 14.5. The fraction of sp³-hybridized carbons (Fsp3) is 0.938. The Labute approximate surface area is 123 Å². The average Bonchev–Trinajstić information content (AvgIpc) is 2.47. The van der Waals surface area contributed by atoms with Gasteiger partial charge >= 0.3 is 0 Å². The topological polar surface area (TPSA) is 44.4 Å². The standard InChI is InChI=1S/C16H31N3O/c1-14(13-19-11-5-2-6-12-19)18-16(20)9-8-15-7-3-4-10-17-15/h14-15,17H,2-13H2,1H3,(H,18,20). The molecule has 0 bridgehead atoms. The van der Waals surface area contributed by atoms with Gasteiger partial charge < -0.3 is 15.5 Å². The van der Waals surface area contributed by atoms with E-state index < -0.39 is 0 Å². The van der Waals surface area contributed by atoms with Crippen LogP contribution in [0.1, 0.15) is 58.3 Å². The number of likely N-dealkylation sites (tertiary alicyclic amines) is 1. The minimum atomic E-state index is 0.224. The van der Waals surface area contributed by atoms with Crippen LogP contribution in [-0.4, -0.2) is 49.1 Å². The molecule has 4 heteroatoms. The van der Waals surface area contributed by atoms with Crippen molar-refractivity contribution >= 4 is 5.91 Å². The number of hydrogen-bond donors (Lipinski definition) is 2. The normalized spacial score (nSPS) is 26.1. The lowest BCUT2D eigenvalue weighted by Gasteiger charge is -2.29. The van der Waals surface area contributed by atoms with E-state index in [0.717, 1.165) is 19.5 Å². The number of hydrogen-bond acceptors (Lipinski definition) is 3. The molecule has 0 aromatic carbocycles. The molecule has 4 nitrogen and oxygen atoms in total. The molecule has 0 radical (unpaired) electrons. The number of carbonyl (C=O) groups is 1. The predicted octanol–water partition coefficient (Wildman–Crippen LogP) is 1.90. The molecule has 2 N–H and O–H groups in total. The van der Waals surface area contributed by atoms with Gasteiger partial charge in [-0.15, -0.1) is 0 Å². The van der Waals surface area contributed by atoms with Crippen LogP contribution >= 0.6 is 0 Å². The van der Waals surface area contributed by atoms with Crippen molar-refractivity contribution in [3.8, 4) is 0 Å². The van der Waals surface area contributed by atoms with Gasteiger partial charge in [-0.25, -0.2) is 0 Å². The van der Waals surface area contributed by atoms with Gasteiger partial charge in [-0.2, -0.15) is 0 Å². The second-order valence-electron chi connectivity index (χ2n) is 6.52. The maximum absolute atomic E-state index is 12.0. The molecule has 2 aliphatic heterocycles. The Morgan fingerprint density at radius 3 is 2.75 bits per heavy atom. The largest absolute Gasteiger partial charge is 0.352 e. The average molecular weight is 281 g/mol. The highest BCUT2D eigenvalue weighted by molar-refractivity contribution is 5.76. The molecule has 2 fully saturated rings. The van der Waals surface area contributed by atoms with Crippen LogP contribution < -0.4 is 10.6 Å². The molecular formula is C16H31N3O. The Morgan fingerprint density at radius 1 is 1.25 bits per heavy atom. The van der Waals surface area contributed by atoms with Gasteiger partial charge in [0.05, 0.1) is 0 Å². The molecule has 2 saturated heterocycles. The Balaban J connectivity index is 1.57. The quantitative estimate of drug-likeness (QED) is 0.781. The number of carbonyl (C=O) groups excluding carboxylic acids is 1. The Kier molecular flexibility index (Phi) is 6.80. The van der Waals surface area contributed by atoms with E-state index in [9.17, 15) is 4.79 Å². The molecule has 2 heterocycles. The molecule has 116 valence electrons. The molecule has 0 spiro atoms. The van der Waals surface area contributed by atoms with Gasteiger partial charge in [-0.05, 0) is 58.7 Å². The van der Waals surface area contributed by atoms with Crippen molar-refractivity contribution in [2.24, 2.45) is 0 Å². The number of piperidine rings is 2. The number of amides is 1. The van der Waals surface area contributed by atoms with E-state index in [1.807, 2.05) is 0 Å². The summed E-state index contributed by atoms with van der Waals surface area (Å²) >= 11 is 0. The first-order valence-electron chi connectivity index (χ1n) is 8.49. The van der Waals surface area contributed by atoms with Gasteiger partial charge in [0.15, 0.2) is 0 Å². The van der Waals surface area contributed by atoms with Crippen LogP contribution in [0, 0.1) is 0 Å². The van der Waals surface area contributed by atoms with E-state index in [-0.39, 0.29) is 11.9 Å². The molecule has 0 aromatic rings. The molecule has 2 unspecified atom stereocenters. The second kappa shape index (κ2) is 8.63. The maximum atomic E-state index is 12.0. The van der Waals surface area contributed by atoms with Gasteiger partial charge in [0.25, 0.3) is 0 Å². The van der Waals surface area contributed by atoms with Gasteiger partial charge in [-0.1, -0.05) is 12.8 Å². The smallest absolute Gasteiger partial charge is 0.220 e. The van der Waals surface area contributed by atoms with E-state index in [2.05, 4.69) is 22.5 Å². The van der Waals surface area contributed by atoms with E-state index in [0.29, 0.717) is 12.5 Å². The van der Waals surface area contributed by atoms with E-state index >= 15 is 0 Å². The lowest BCUT2D eigenvalue weighted by molar-refractivity contribution is -0.122. The Hall–Kier alpha value is -0.610. The van der Waals surface area contributed by atoms with Crippen LogP contribution in [0.25, 0.3) is 0 Å². The summed E-state index contributed by atoms with van der Waals surface area (Å²) in [6.45, 7) is 6.66. The minimum Gasteiger partial charge on any atom is -0.352 e. The number of rotatable bonds is 6. The van der Waals surface area contributed by atoms with Crippen LogP contribution in [0.4, 0.5) is 0 Å². The number of nitrogens with one attached hydrogen (secondary N) is 2. The summed E-state index contributed by atoms with van der Waals surface area (Å²) in [5.41, 5.74) is 0. The van der Waals surface area contributed by atoms with Gasteiger partial charge in [-0.3, -0.25) is 4.79 Å². The third-order valence-electron chi connectivity index (χ3n) is 4.52. The van der Waals surface area contributed by atoms with Crippen molar-refractivity contribution in [3.05, 3.63) is 0 Å². The summed E-state index contributed by atoms with van der Waals surface area (Å²) in [5.74, 6) is 0.224. The molecule has 1 amide bonds. The third kappa shape index (κ3) is 5.80. The zero-order valence-corrected chi connectivity index (χ0v) is 13.0. The lowest BCUT2D eigenvalue weighted by atomic mass is 10.0. The molecule has 2 rings (SSSR count). The summed E-state index contributed by atoms with van der Waals surface area (Å²) in [6, 6.07) is 0.840. The van der Waals surface area contributed by atoms with E-state index in [1.165, 1.54) is 51.6 Å². The third-order valence-corrected chi connectivity index (χ3v) is 4.52. The first kappa shape index (κ1) is 15.8. The van der Waals surface area contributed by atoms with Crippen LogP contribution in [0.2, 0.25) is 0 Å². The van der Waals surface area contributed by atoms with Crippen LogP contribution in [-0.2, 0) is 4.79 Å². The summed E-state index contributed by atoms with van der Waals surface area (Å²) in [5, 5.41) is 6.66. The SMILES string of the molecule is CC(CN1CCCCC1)NC(=O)CCC1CCCCN1. The van der Waals surface area contributed by atoms with Crippen molar-refractivity contribution in [1.82, 2.24) is 15.5 Å². The first-order valence-corrected chi connectivity index (χ1v) is 8.49. The highest BCUT2D eigenvalue weighted by atomic mass is 16.1. The molecular weight excluding hydrogens is 250 g/mol. The van der Waals surface area contributed by atoms with E-state index in [1.54, 1.807) is 0 Å². The lowest BCUT2D eigenvalue weighted by Crippen LogP contribution is -2.44. The first-order chi connectivity index (χ1) is 9.74. The summed E-state index contributed by atoms with van der Waals surface area (Å²) < 4.78 is 0. The van der Waals surface area contributed by atoms with Crippen molar-refractivity contribution in [3.63, 3.8) is 0 Å². The second-order valence-corrected chi connectivity index (χ2v) is 6.52. The zero-order chi connectivity index (χ0) is 14.2. The number of nitrogens with zero attached hydrogens (tertiary/aromatic N) is 1. The molecule has 2 atom stereocenters. The Bertz CT molecular complexity index is 283. The van der Waals surface area contributed by atoms with E-state index in [4.69, 9.17) is 0 Å². The van der Waals surface area contributed by atoms with Crippen molar-refractivity contribution < 1.29 is 4.79 Å². The monoisotopic (exact) mass is 281 g/mol. The van der Waals surface area contributed by atoms with Gasteiger partial charge in [0.1, 0.15) is 0 Å². The Morgan fingerprint density at radius 2 is 2.05 bits per heavy atom. The van der Waals surface area contributed by atoms with Crippen molar-refractivity contribution in [2.45, 2.75) is 70.4 Å². The van der Waals surface area contributed by atoms with Crippen LogP contribution in [0.5, 0.6) is 0 Å². The fourth-order valence-corrected chi connectivity index (χ4v) is 3.40. The van der Waals surface area contributed by atoms with Gasteiger partial charge in [0, 0.05) is 25.0 Å². The molecule has 0 saturated carbocycles. The summed E-state index contributed by atoms with van der Waals surface area (Å²) in [6.07, 6.45) is 9.48. The molecule has 20 heavy (non-hydrogen) atoms. The van der Waals surface area contributed by atoms with Gasteiger partial charge in [0.2, 0.25) is 5.91 Å². The maximum Gasteiger partial charge on any atom is 0.220 e.